The van der Waals surface area contributed by atoms with Crippen LogP contribution in [0.3, 0.4) is 0 Å². The molecule has 0 aliphatic rings. The maximum absolute atomic E-state index is 7.57. The van der Waals surface area contributed by atoms with Crippen LogP contribution < -0.4 is 0 Å². The second-order valence-electron chi connectivity index (χ2n) is 0.316. The zero-order valence-electron chi connectivity index (χ0n) is 2.96. The van der Waals surface area contributed by atoms with E-state index in [0.717, 1.165) is 0 Å². The minimum Gasteiger partial charge on any atom is -0.397 e. The third-order valence-corrected chi connectivity index (χ3v) is 0. The fourth-order valence-corrected chi connectivity index (χ4v) is 0. The van der Waals surface area contributed by atoms with Gasteiger partial charge in [0, 0.05) is 34.6 Å². The number of aliphatic hydroxyl groups excluding tert-OH is 1. The maximum Gasteiger partial charge on any atom is 0.0402 e. The molecule has 5 heavy (non-hydrogen) atoms. The molecule has 0 atom stereocenters. The van der Waals surface area contributed by atoms with Crippen molar-refractivity contribution in [2.45, 2.75) is 6.92 Å². The van der Waals surface area contributed by atoms with Crippen LogP contribution in [0.1, 0.15) is 6.92 Å². The summed E-state index contributed by atoms with van der Waals surface area (Å²) in [4.78, 5) is 0. The molecule has 0 saturated heterocycles. The fourth-order valence-electron chi connectivity index (χ4n) is 0. The molecule has 0 rings (SSSR count). The van der Waals surface area contributed by atoms with Gasteiger partial charge in [-0.25, -0.2) is 0 Å². The van der Waals surface area contributed by atoms with Crippen molar-refractivity contribution in [3.05, 3.63) is 0 Å². The summed E-state index contributed by atoms with van der Waals surface area (Å²) < 4.78 is 0. The first-order valence-corrected chi connectivity index (χ1v) is 1.02. The molecule has 0 saturated carbocycles. The van der Waals surface area contributed by atoms with Gasteiger partial charge in [0.2, 0.25) is 0 Å². The Morgan fingerprint density at radius 3 is 1.60 bits per heavy atom. The molecular weight excluding hydrogens is 132 g/mol. The van der Waals surface area contributed by atoms with E-state index >= 15 is 0 Å². The molecule has 0 amide bonds. The largest absolute Gasteiger partial charge is 0.397 e. The molecule has 3 heteroatoms. The Morgan fingerprint density at radius 2 is 1.60 bits per heavy atom. The van der Waals surface area contributed by atoms with Gasteiger partial charge in [0.05, 0.1) is 0 Å². The minimum atomic E-state index is 0. The van der Waals surface area contributed by atoms with E-state index in [4.69, 9.17) is 5.11 Å². The van der Waals surface area contributed by atoms with Gasteiger partial charge in [0.15, 0.2) is 0 Å². The first kappa shape index (κ1) is 17.3. The van der Waals surface area contributed by atoms with E-state index in [-0.39, 0.29) is 34.6 Å². The minimum absolute atomic E-state index is 0. The van der Waals surface area contributed by atoms with E-state index in [0.29, 0.717) is 0 Å². The second kappa shape index (κ2) is 22.3. The summed E-state index contributed by atoms with van der Waals surface area (Å²) in [5.41, 5.74) is 0. The summed E-state index contributed by atoms with van der Waals surface area (Å²) in [6.45, 7) is 1.93. The molecule has 5 radical (unpaired) electrons. The van der Waals surface area contributed by atoms with Crippen molar-refractivity contribution in [1.29, 1.82) is 0 Å². The Hall–Kier alpha value is 0.696. The first-order chi connectivity index (χ1) is 1.41. The quantitative estimate of drug-likeness (QED) is 0.452. The molecule has 0 aromatic rings. The van der Waals surface area contributed by atoms with Crippen LogP contribution in [-0.2, 0) is 17.1 Å². The van der Waals surface area contributed by atoms with Gasteiger partial charge in [0.1, 0.15) is 0 Å². The molecule has 0 heterocycles. The SMILES string of the molecule is CCO.[Cu].[Si]. The van der Waals surface area contributed by atoms with E-state index < -0.39 is 0 Å². The normalized spacial score (nSPS) is 3.60. The third-order valence-electron chi connectivity index (χ3n) is 0. The molecule has 1 N–H and O–H groups in total. The van der Waals surface area contributed by atoms with Crippen molar-refractivity contribution >= 4 is 11.0 Å². The van der Waals surface area contributed by atoms with Crippen LogP contribution in [0.5, 0.6) is 0 Å². The van der Waals surface area contributed by atoms with Gasteiger partial charge in [0.25, 0.3) is 0 Å². The average molecular weight is 138 g/mol. The average Bonchev–Trinajstić information content (AvgIpc) is 0.918. The standard InChI is InChI=1S/C2H6O.Cu.Si/c1-2-3;;/h3H,2H2,1H3;;. The van der Waals surface area contributed by atoms with Crippen LogP contribution in [0.4, 0.5) is 0 Å². The molecule has 0 aliphatic heterocycles. The molecule has 0 bridgehead atoms. The molecule has 35 valence electrons. The Balaban J connectivity index is -0.0000000200. The molecular formula is C2H6CuOSi. The molecule has 0 aromatic heterocycles. The molecule has 0 aromatic carbocycles. The van der Waals surface area contributed by atoms with E-state index in [2.05, 4.69) is 0 Å². The molecule has 0 aliphatic carbocycles. The Labute approximate surface area is 47.3 Å². The van der Waals surface area contributed by atoms with E-state index in [1.54, 1.807) is 6.92 Å². The van der Waals surface area contributed by atoms with Crippen molar-refractivity contribution < 1.29 is 22.2 Å². The van der Waals surface area contributed by atoms with Crippen molar-refractivity contribution in [3.8, 4) is 0 Å². The predicted molar refractivity (Wildman–Crippen MR) is 18.5 cm³/mol. The fraction of sp³-hybridized carbons (Fsp3) is 1.00. The summed E-state index contributed by atoms with van der Waals surface area (Å²) in [6, 6.07) is 0. The van der Waals surface area contributed by atoms with Crippen LogP contribution in [0, 0.1) is 0 Å². The molecule has 0 unspecified atom stereocenters. The topological polar surface area (TPSA) is 20.2 Å². The monoisotopic (exact) mass is 137 g/mol. The van der Waals surface area contributed by atoms with Crippen LogP contribution in [0.15, 0.2) is 0 Å². The smallest absolute Gasteiger partial charge is 0.0402 e. The summed E-state index contributed by atoms with van der Waals surface area (Å²) in [5.74, 6) is 0. The maximum atomic E-state index is 7.57. The van der Waals surface area contributed by atoms with E-state index in [1.165, 1.54) is 0 Å². The summed E-state index contributed by atoms with van der Waals surface area (Å²) in [5, 5.41) is 7.57. The van der Waals surface area contributed by atoms with Crippen molar-refractivity contribution in [2.24, 2.45) is 0 Å². The second-order valence-corrected chi connectivity index (χ2v) is 0.316. The summed E-state index contributed by atoms with van der Waals surface area (Å²) in [6.07, 6.45) is 0. The Bertz CT molecular complexity index is 9.61. The zero-order chi connectivity index (χ0) is 2.71. The van der Waals surface area contributed by atoms with Gasteiger partial charge in [-0.1, -0.05) is 0 Å². The Kier molecular flexibility index (Phi) is 77.1. The number of rotatable bonds is 0. The van der Waals surface area contributed by atoms with Gasteiger partial charge >= 0.3 is 0 Å². The van der Waals surface area contributed by atoms with Crippen LogP contribution in [0.2, 0.25) is 0 Å². The van der Waals surface area contributed by atoms with Crippen LogP contribution >= 0.6 is 0 Å². The van der Waals surface area contributed by atoms with Gasteiger partial charge in [-0.3, -0.25) is 0 Å². The summed E-state index contributed by atoms with van der Waals surface area (Å²) >= 11 is 0. The van der Waals surface area contributed by atoms with Crippen molar-refractivity contribution in [1.82, 2.24) is 0 Å². The van der Waals surface area contributed by atoms with Crippen molar-refractivity contribution in [2.75, 3.05) is 6.61 Å². The third kappa shape index (κ3) is 70.4. The summed E-state index contributed by atoms with van der Waals surface area (Å²) in [7, 11) is 0. The van der Waals surface area contributed by atoms with Crippen LogP contribution in [0.25, 0.3) is 0 Å². The van der Waals surface area contributed by atoms with Gasteiger partial charge in [-0.2, -0.15) is 0 Å². The zero-order valence-corrected chi connectivity index (χ0v) is 4.90. The van der Waals surface area contributed by atoms with Crippen molar-refractivity contribution in [3.63, 3.8) is 0 Å². The number of hydrogen-bond donors (Lipinski definition) is 1. The first-order valence-electron chi connectivity index (χ1n) is 1.02. The Morgan fingerprint density at radius 1 is 1.60 bits per heavy atom. The van der Waals surface area contributed by atoms with E-state index in [1.807, 2.05) is 0 Å². The number of hydrogen-bond acceptors (Lipinski definition) is 1. The molecule has 1 nitrogen and oxygen atoms in total. The molecule has 0 fully saturated rings. The van der Waals surface area contributed by atoms with Gasteiger partial charge < -0.3 is 5.11 Å². The van der Waals surface area contributed by atoms with Gasteiger partial charge in [-0.15, -0.1) is 0 Å². The predicted octanol–water partition coefficient (Wildman–Crippen LogP) is -0.385. The number of aliphatic hydroxyl groups is 1. The molecule has 0 spiro atoms. The van der Waals surface area contributed by atoms with Gasteiger partial charge in [-0.05, 0) is 6.92 Å². The van der Waals surface area contributed by atoms with Crippen LogP contribution in [-0.4, -0.2) is 22.7 Å². The van der Waals surface area contributed by atoms with E-state index in [9.17, 15) is 0 Å².